The van der Waals surface area contributed by atoms with Gasteiger partial charge in [0.25, 0.3) is 5.91 Å². The highest BCUT2D eigenvalue weighted by atomic mass is 16.7. The first-order chi connectivity index (χ1) is 17.1. The van der Waals surface area contributed by atoms with E-state index in [1.54, 1.807) is 0 Å². The Bertz CT molecular complexity index is 1050. The molecule has 3 fully saturated rings. The molecule has 1 saturated heterocycles. The van der Waals surface area contributed by atoms with Crippen molar-refractivity contribution in [2.24, 2.45) is 17.8 Å². The molecule has 2 aromatic carbocycles. The number of fused-ring (bicyclic) bond motifs is 2. The number of hydrogen-bond acceptors (Lipinski definition) is 6. The van der Waals surface area contributed by atoms with Crippen molar-refractivity contribution in [2.45, 2.75) is 43.7 Å². The lowest BCUT2D eigenvalue weighted by Gasteiger charge is -2.33. The summed E-state index contributed by atoms with van der Waals surface area (Å²) in [7, 11) is 0. The second-order valence-corrected chi connectivity index (χ2v) is 10.6. The lowest BCUT2D eigenvalue weighted by molar-refractivity contribution is -0.147. The van der Waals surface area contributed by atoms with Crippen LogP contribution in [-0.2, 0) is 16.8 Å². The smallest absolute Gasteiger partial charge is 0.257 e. The lowest BCUT2D eigenvalue weighted by atomic mass is 9.79. The Labute approximate surface area is 206 Å². The first kappa shape index (κ1) is 22.8. The molecule has 0 aromatic heterocycles. The molecule has 0 spiro atoms. The molecule has 2 aliphatic heterocycles. The zero-order valence-electron chi connectivity index (χ0n) is 20.1. The van der Waals surface area contributed by atoms with Crippen molar-refractivity contribution in [1.29, 1.82) is 0 Å². The zero-order valence-corrected chi connectivity index (χ0v) is 20.1. The van der Waals surface area contributed by atoms with Crippen LogP contribution in [-0.4, -0.2) is 55.1 Å². The minimum atomic E-state index is -1.45. The molecule has 6 rings (SSSR count). The van der Waals surface area contributed by atoms with Crippen molar-refractivity contribution in [2.75, 3.05) is 33.1 Å². The minimum Gasteiger partial charge on any atom is -0.454 e. The zero-order chi connectivity index (χ0) is 23.8. The van der Waals surface area contributed by atoms with Gasteiger partial charge in [-0.1, -0.05) is 49.2 Å². The Balaban J connectivity index is 0.962. The van der Waals surface area contributed by atoms with Crippen molar-refractivity contribution in [3.63, 3.8) is 0 Å². The summed E-state index contributed by atoms with van der Waals surface area (Å²) in [5.74, 6) is 2.67. The molecule has 2 unspecified atom stereocenters. The molecule has 2 saturated carbocycles. The van der Waals surface area contributed by atoms with E-state index in [-0.39, 0.29) is 11.8 Å². The summed E-state index contributed by atoms with van der Waals surface area (Å²) in [5.41, 5.74) is 0.524. The number of likely N-dealkylation sites (tertiary alicyclic amines) is 1. The highest BCUT2D eigenvalue weighted by Gasteiger charge is 2.55. The van der Waals surface area contributed by atoms with Gasteiger partial charge in [-0.25, -0.2) is 0 Å². The molecule has 7 nitrogen and oxygen atoms in total. The molecule has 2 aromatic rings. The number of amides is 1. The Morgan fingerprint density at radius 3 is 2.54 bits per heavy atom. The van der Waals surface area contributed by atoms with Gasteiger partial charge < -0.3 is 24.8 Å². The van der Waals surface area contributed by atoms with Crippen molar-refractivity contribution in [3.8, 4) is 11.5 Å². The molecular weight excluding hydrogens is 442 g/mol. The number of nitrogens with zero attached hydrogens (tertiary/aromatic N) is 1. The number of piperidine rings is 1. The molecule has 2 aliphatic carbocycles. The van der Waals surface area contributed by atoms with Gasteiger partial charge in [0.05, 0.1) is 6.67 Å². The molecule has 0 bridgehead atoms. The number of carbonyl (C=O) groups excluding carboxylic acids is 1. The van der Waals surface area contributed by atoms with E-state index in [1.807, 2.05) is 36.4 Å². The molecule has 2 heterocycles. The normalized spacial score (nSPS) is 26.9. The third-order valence-corrected chi connectivity index (χ3v) is 8.52. The van der Waals surface area contributed by atoms with Gasteiger partial charge in [0.15, 0.2) is 17.1 Å². The number of aliphatic hydroxyl groups is 1. The Kier molecular flexibility index (Phi) is 6.16. The van der Waals surface area contributed by atoms with Crippen LogP contribution in [0, 0.1) is 17.8 Å². The maximum Gasteiger partial charge on any atom is 0.257 e. The van der Waals surface area contributed by atoms with Crippen molar-refractivity contribution >= 4 is 5.91 Å². The minimum absolute atomic E-state index is 0.0245. The number of rotatable bonds is 9. The average Bonchev–Trinajstić information content (AvgIpc) is 3.43. The Morgan fingerprint density at radius 2 is 1.77 bits per heavy atom. The van der Waals surface area contributed by atoms with E-state index >= 15 is 0 Å². The summed E-state index contributed by atoms with van der Waals surface area (Å²) in [4.78, 5) is 15.8. The van der Waals surface area contributed by atoms with Crippen LogP contribution < -0.4 is 20.1 Å². The SMILES string of the molecule is O=C(NCNC1[C@H]2CN(CCc3ccc4c(c3)OCO4)C[C@@H]12)C(O)(c1ccccc1)C1CCCC1. The largest absolute Gasteiger partial charge is 0.454 e. The maximum atomic E-state index is 13.2. The highest BCUT2D eigenvalue weighted by molar-refractivity contribution is 5.86. The van der Waals surface area contributed by atoms with Gasteiger partial charge in [-0.15, -0.1) is 0 Å². The summed E-state index contributed by atoms with van der Waals surface area (Å²) in [6.07, 6.45) is 4.93. The number of carbonyl (C=O) groups is 1. The monoisotopic (exact) mass is 477 g/mol. The van der Waals surface area contributed by atoms with Crippen LogP contribution in [0.1, 0.15) is 36.8 Å². The van der Waals surface area contributed by atoms with E-state index in [1.165, 1.54) is 5.56 Å². The van der Waals surface area contributed by atoms with Gasteiger partial charge in [-0.3, -0.25) is 10.1 Å². The second-order valence-electron chi connectivity index (χ2n) is 10.6. The molecular formula is C28H35N3O4. The molecule has 4 atom stereocenters. The molecule has 3 N–H and O–H groups in total. The topological polar surface area (TPSA) is 83.1 Å². The van der Waals surface area contributed by atoms with Crippen molar-refractivity contribution in [1.82, 2.24) is 15.5 Å². The van der Waals surface area contributed by atoms with Crippen LogP contribution >= 0.6 is 0 Å². The summed E-state index contributed by atoms with van der Waals surface area (Å²) < 4.78 is 10.9. The number of hydrogen-bond donors (Lipinski definition) is 3. The van der Waals surface area contributed by atoms with E-state index in [2.05, 4.69) is 27.7 Å². The summed E-state index contributed by atoms with van der Waals surface area (Å²) >= 11 is 0. The number of benzene rings is 2. The average molecular weight is 478 g/mol. The maximum absolute atomic E-state index is 13.2. The summed E-state index contributed by atoms with van der Waals surface area (Å²) in [6, 6.07) is 16.1. The van der Waals surface area contributed by atoms with Gasteiger partial charge in [-0.05, 0) is 54.4 Å². The van der Waals surface area contributed by atoms with Crippen LogP contribution in [0.25, 0.3) is 0 Å². The molecule has 35 heavy (non-hydrogen) atoms. The molecule has 0 radical (unpaired) electrons. The van der Waals surface area contributed by atoms with E-state index in [0.29, 0.717) is 36.9 Å². The molecule has 1 amide bonds. The van der Waals surface area contributed by atoms with Crippen LogP contribution in [0.5, 0.6) is 11.5 Å². The fourth-order valence-corrected chi connectivity index (χ4v) is 6.45. The predicted molar refractivity (Wildman–Crippen MR) is 132 cm³/mol. The van der Waals surface area contributed by atoms with E-state index < -0.39 is 5.60 Å². The van der Waals surface area contributed by atoms with Crippen molar-refractivity contribution < 1.29 is 19.4 Å². The predicted octanol–water partition coefficient (Wildman–Crippen LogP) is 2.63. The summed E-state index contributed by atoms with van der Waals surface area (Å²) in [5, 5.41) is 18.1. The second kappa shape index (κ2) is 9.45. The highest BCUT2D eigenvalue weighted by Crippen LogP contribution is 2.45. The Hall–Kier alpha value is -2.61. The van der Waals surface area contributed by atoms with Crippen molar-refractivity contribution in [3.05, 3.63) is 59.7 Å². The van der Waals surface area contributed by atoms with Crippen LogP contribution in [0.3, 0.4) is 0 Å². The van der Waals surface area contributed by atoms with Crippen LogP contribution in [0.4, 0.5) is 0 Å². The van der Waals surface area contributed by atoms with Gasteiger partial charge in [0.1, 0.15) is 0 Å². The first-order valence-electron chi connectivity index (χ1n) is 13.0. The molecule has 4 aliphatic rings. The van der Waals surface area contributed by atoms with Gasteiger partial charge in [0, 0.05) is 31.6 Å². The lowest BCUT2D eigenvalue weighted by Crippen LogP contribution is -2.51. The fraction of sp³-hybridized carbons (Fsp3) is 0.536. The van der Waals surface area contributed by atoms with Gasteiger partial charge >= 0.3 is 0 Å². The standard InChI is InChI=1S/C28H35N3O4/c32-27(28(33,21-8-4-5-9-21)20-6-2-1-3-7-20)30-17-29-26-22-15-31(16-23(22)26)13-12-19-10-11-24-25(14-19)35-18-34-24/h1-3,6-7,10-11,14,21-23,26,29,33H,4-5,8-9,12-13,15-18H2,(H,30,32)/t22-,23+,26?,28?. The Morgan fingerprint density at radius 1 is 1.03 bits per heavy atom. The first-order valence-corrected chi connectivity index (χ1v) is 13.0. The van der Waals surface area contributed by atoms with E-state index in [4.69, 9.17) is 9.47 Å². The van der Waals surface area contributed by atoms with Gasteiger partial charge in [-0.2, -0.15) is 0 Å². The van der Waals surface area contributed by atoms with Crippen LogP contribution in [0.15, 0.2) is 48.5 Å². The quantitative estimate of drug-likeness (QED) is 0.482. The summed E-state index contributed by atoms with van der Waals surface area (Å²) in [6.45, 7) is 3.94. The third-order valence-electron chi connectivity index (χ3n) is 8.52. The number of ether oxygens (including phenoxy) is 2. The molecule has 186 valence electrons. The third kappa shape index (κ3) is 4.41. The van der Waals surface area contributed by atoms with E-state index in [0.717, 1.165) is 63.2 Å². The number of nitrogens with one attached hydrogen (secondary N) is 2. The van der Waals surface area contributed by atoms with E-state index in [9.17, 15) is 9.90 Å². The fourth-order valence-electron chi connectivity index (χ4n) is 6.45. The van der Waals surface area contributed by atoms with Crippen LogP contribution in [0.2, 0.25) is 0 Å². The van der Waals surface area contributed by atoms with Gasteiger partial charge in [0.2, 0.25) is 6.79 Å². The molecule has 7 heteroatoms.